The van der Waals surface area contributed by atoms with E-state index in [-0.39, 0.29) is 97.0 Å². The van der Waals surface area contributed by atoms with Crippen LogP contribution in [0.4, 0.5) is 11.4 Å². The summed E-state index contributed by atoms with van der Waals surface area (Å²) in [5.41, 5.74) is -2.27. The number of carboxylic acid groups (broad SMARTS) is 1. The molecule has 0 aliphatic carbocycles. The highest BCUT2D eigenvalue weighted by atomic mass is 32.2. The van der Waals surface area contributed by atoms with Gasteiger partial charge >= 0.3 is 5.97 Å². The van der Waals surface area contributed by atoms with Gasteiger partial charge in [0, 0.05) is 53.7 Å². The summed E-state index contributed by atoms with van der Waals surface area (Å²) in [6.07, 6.45) is 4.24. The summed E-state index contributed by atoms with van der Waals surface area (Å²) in [4.78, 5) is 9.19. The zero-order valence-electron chi connectivity index (χ0n) is 35.3. The van der Waals surface area contributed by atoms with Gasteiger partial charge in [0.15, 0.2) is 5.71 Å². The van der Waals surface area contributed by atoms with Crippen LogP contribution in [0.3, 0.4) is 0 Å². The number of benzene rings is 3. The molecule has 3 aromatic carbocycles. The quantitative estimate of drug-likeness (QED) is 0.0477. The van der Waals surface area contributed by atoms with E-state index in [1.54, 1.807) is 18.7 Å². The number of fused-ring (bicyclic) bond motifs is 4. The van der Waals surface area contributed by atoms with Crippen LogP contribution in [0.15, 0.2) is 79.9 Å². The highest BCUT2D eigenvalue weighted by molar-refractivity contribution is 7.87. The van der Waals surface area contributed by atoms with Gasteiger partial charge in [-0.3, -0.25) is 32.1 Å². The fourth-order valence-corrected chi connectivity index (χ4v) is 12.5. The summed E-state index contributed by atoms with van der Waals surface area (Å²) < 4.78 is 210. The number of carboxylic acids is 1. The molecule has 2 aliphatic heterocycles. The minimum absolute atomic E-state index is 0.00468. The molecule has 0 saturated carbocycles. The van der Waals surface area contributed by atoms with Crippen molar-refractivity contribution in [3.63, 3.8) is 0 Å². The first kappa shape index (κ1) is 52.8. The first-order valence-electron chi connectivity index (χ1n) is 19.6. The first-order chi connectivity index (χ1) is 30.0. The average molecular weight is 1040 g/mol. The maximum Gasteiger partial charge on any atom is 0.303 e. The third-order valence-corrected chi connectivity index (χ3v) is 16.5. The molecule has 0 spiro atoms. The summed E-state index contributed by atoms with van der Waals surface area (Å²) >= 11 is 0. The molecule has 2 heterocycles. The predicted molar refractivity (Wildman–Crippen MR) is 237 cm³/mol. The second-order valence-corrected chi connectivity index (χ2v) is 25.2. The highest BCUT2D eigenvalue weighted by Gasteiger charge is 2.51. The van der Waals surface area contributed by atoms with Gasteiger partial charge in [-0.25, -0.2) is 0 Å². The van der Waals surface area contributed by atoms with Crippen molar-refractivity contribution in [1.82, 2.24) is 0 Å². The Morgan fingerprint density at radius 3 is 1.76 bits per heavy atom. The van der Waals surface area contributed by atoms with E-state index in [1.165, 1.54) is 41.9 Å². The van der Waals surface area contributed by atoms with E-state index in [0.29, 0.717) is 17.8 Å². The highest BCUT2D eigenvalue weighted by Crippen LogP contribution is 2.52. The molecule has 28 heteroatoms. The van der Waals surface area contributed by atoms with Crippen molar-refractivity contribution in [3.8, 4) is 0 Å². The molecular weight excluding hydrogens is 997 g/mol. The number of nitrogens with zero attached hydrogens (tertiary/aromatic N) is 2. The standard InChI is InChI=1S/C38H46N2O20S6/c1-37(2)32(39(16-8-18-61(43,44)45)28-14-13-26-27(35(28)37)20-24(63(49,50)51)22-30(26)65(55,56)57)10-7-11-33-38(3,15-6-4-5-12-34(41)42)36-29(40(33)17-9-19-62(46,47)48)21-25(64(52,53)54)23-31(36)66(58,59)60/h7,10-11,13-14,20-23H,4-6,8-9,12,15-19H2,1-3H3,(H6-,41,42,43,44,45,46,47,48,49,50,51,52,53,54,55,56,57,58,59,60)/p+1. The van der Waals surface area contributed by atoms with E-state index in [4.69, 9.17) is 0 Å². The van der Waals surface area contributed by atoms with Crippen LogP contribution >= 0.6 is 0 Å². The van der Waals surface area contributed by atoms with E-state index >= 15 is 0 Å². The lowest BCUT2D eigenvalue weighted by Crippen LogP contribution is -2.33. The lowest BCUT2D eigenvalue weighted by atomic mass is 9.75. The topological polar surface area (TPSA) is 370 Å². The molecule has 1 unspecified atom stereocenters. The number of hydrogen-bond donors (Lipinski definition) is 7. The molecule has 0 radical (unpaired) electrons. The fourth-order valence-electron chi connectivity index (χ4n) is 8.73. The summed E-state index contributed by atoms with van der Waals surface area (Å²) in [7, 11) is -29.8. The zero-order valence-corrected chi connectivity index (χ0v) is 40.2. The maximum absolute atomic E-state index is 13.1. The SMILES string of the molecule is CC1(CCCCCC(=O)O)C(/C=C/C=C2/N(CCCS(=O)(=O)O)c3ccc4c(S(=O)(=O)O)cc(S(=O)(=O)O)cc4c3C2(C)C)=[N+](CCCS(=O)(=O)O)c2cc(S(=O)(=O)O)cc(S(=O)(=O)O)c21. The minimum atomic E-state index is -5.31. The summed E-state index contributed by atoms with van der Waals surface area (Å²) in [6.45, 7) is 4.27. The van der Waals surface area contributed by atoms with E-state index in [0.717, 1.165) is 12.1 Å². The first-order valence-corrected chi connectivity index (χ1v) is 28.6. The Hall–Kier alpha value is -4.20. The van der Waals surface area contributed by atoms with Crippen LogP contribution in [0.5, 0.6) is 0 Å². The second-order valence-electron chi connectivity index (χ2n) is 16.5. The van der Waals surface area contributed by atoms with Crippen molar-refractivity contribution in [2.24, 2.45) is 0 Å². The summed E-state index contributed by atoms with van der Waals surface area (Å²) in [5, 5.41) is 8.97. The normalized spacial score (nSPS) is 18.7. The van der Waals surface area contributed by atoms with Gasteiger partial charge in [-0.2, -0.15) is 55.1 Å². The molecule has 66 heavy (non-hydrogen) atoms. The summed E-state index contributed by atoms with van der Waals surface area (Å²) in [5.74, 6) is -2.63. The largest absolute Gasteiger partial charge is 0.481 e. The molecule has 0 aromatic heterocycles. The number of anilines is 1. The number of aliphatic carboxylic acids is 1. The van der Waals surface area contributed by atoms with Crippen LogP contribution in [0.2, 0.25) is 0 Å². The predicted octanol–water partition coefficient (Wildman–Crippen LogP) is 4.01. The molecule has 364 valence electrons. The number of unbranched alkanes of at least 4 members (excludes halogenated alkanes) is 2. The molecule has 3 aromatic rings. The van der Waals surface area contributed by atoms with Crippen LogP contribution < -0.4 is 4.90 Å². The molecular formula is C38H47N2O20S6+. The van der Waals surface area contributed by atoms with E-state index in [9.17, 15) is 87.7 Å². The molecule has 22 nitrogen and oxygen atoms in total. The van der Waals surface area contributed by atoms with Crippen LogP contribution in [0, 0.1) is 0 Å². The van der Waals surface area contributed by atoms with Crippen molar-refractivity contribution in [3.05, 3.63) is 71.5 Å². The molecule has 7 N–H and O–H groups in total. The third-order valence-electron chi connectivity index (χ3n) is 11.4. The minimum Gasteiger partial charge on any atom is -0.481 e. The molecule has 0 fully saturated rings. The summed E-state index contributed by atoms with van der Waals surface area (Å²) in [6, 6.07) is 5.69. The van der Waals surface area contributed by atoms with Crippen molar-refractivity contribution in [2.75, 3.05) is 29.5 Å². The monoisotopic (exact) mass is 1040 g/mol. The number of hydrogen-bond acceptors (Lipinski definition) is 14. The van der Waals surface area contributed by atoms with E-state index in [1.807, 2.05) is 0 Å². The van der Waals surface area contributed by atoms with Crippen molar-refractivity contribution in [1.29, 1.82) is 0 Å². The van der Waals surface area contributed by atoms with Gasteiger partial charge in [-0.15, -0.1) is 0 Å². The lowest BCUT2D eigenvalue weighted by Gasteiger charge is -2.27. The molecule has 5 rings (SSSR count). The van der Waals surface area contributed by atoms with Gasteiger partial charge in [0.25, 0.3) is 60.7 Å². The van der Waals surface area contributed by atoms with Crippen LogP contribution in [0.1, 0.15) is 76.8 Å². The molecule has 0 saturated heterocycles. The lowest BCUT2D eigenvalue weighted by molar-refractivity contribution is -0.437. The Morgan fingerprint density at radius 2 is 1.21 bits per heavy atom. The van der Waals surface area contributed by atoms with E-state index < -0.39 is 109 Å². The Morgan fingerprint density at radius 1 is 0.652 bits per heavy atom. The second kappa shape index (κ2) is 18.4. The Labute approximate surface area is 381 Å². The van der Waals surface area contributed by atoms with Gasteiger partial charge in [0.05, 0.1) is 27.4 Å². The van der Waals surface area contributed by atoms with Crippen LogP contribution in [0.25, 0.3) is 10.8 Å². The van der Waals surface area contributed by atoms with Crippen molar-refractivity contribution in [2.45, 2.75) is 96.1 Å². The smallest absolute Gasteiger partial charge is 0.303 e. The fraction of sp³-hybridized carbons (Fsp3) is 0.421. The van der Waals surface area contributed by atoms with Gasteiger partial charge in [0.2, 0.25) is 5.69 Å². The Bertz CT molecular complexity index is 3310. The Kier molecular flexibility index (Phi) is 14.7. The Balaban J connectivity index is 1.82. The van der Waals surface area contributed by atoms with Gasteiger partial charge in [-0.05, 0) is 67.5 Å². The molecule has 2 aliphatic rings. The van der Waals surface area contributed by atoms with Gasteiger partial charge < -0.3 is 10.0 Å². The number of carbonyl (C=O) groups is 1. The van der Waals surface area contributed by atoms with Crippen LogP contribution in [-0.2, 0) is 76.3 Å². The zero-order chi connectivity index (χ0) is 49.8. The average Bonchev–Trinajstić information content (AvgIpc) is 3.50. The maximum atomic E-state index is 13.1. The van der Waals surface area contributed by atoms with Gasteiger partial charge in [0.1, 0.15) is 21.2 Å². The van der Waals surface area contributed by atoms with E-state index in [2.05, 4.69) is 0 Å². The van der Waals surface area contributed by atoms with Crippen molar-refractivity contribution < 1.29 is 92.3 Å². The molecule has 0 amide bonds. The third kappa shape index (κ3) is 11.5. The van der Waals surface area contributed by atoms with Gasteiger partial charge in [-0.1, -0.05) is 38.8 Å². The number of allylic oxidation sites excluding steroid dienone is 4. The number of rotatable bonds is 20. The van der Waals surface area contributed by atoms with Crippen LogP contribution in [-0.4, -0.2) is 124 Å². The molecule has 1 atom stereocenters. The molecule has 0 bridgehead atoms. The van der Waals surface area contributed by atoms with Crippen molar-refractivity contribution >= 4 is 94.5 Å².